The molecular weight excluding hydrogens is 218 g/mol. The second-order valence-electron chi connectivity index (χ2n) is 3.59. The minimum atomic E-state index is 0.0233. The van der Waals surface area contributed by atoms with Crippen LogP contribution in [0.15, 0.2) is 36.5 Å². The smallest absolute Gasteiger partial charge is 0.185 e. The number of aromatic nitrogens is 4. The molecule has 84 valence electrons. The van der Waals surface area contributed by atoms with Gasteiger partial charge in [0.2, 0.25) is 0 Å². The van der Waals surface area contributed by atoms with Crippen LogP contribution in [0.2, 0.25) is 0 Å². The van der Waals surface area contributed by atoms with Gasteiger partial charge in [0.05, 0.1) is 5.69 Å². The zero-order valence-corrected chi connectivity index (χ0v) is 8.78. The van der Waals surface area contributed by atoms with E-state index in [1.165, 1.54) is 0 Å². The Labute approximate surface area is 96.3 Å². The van der Waals surface area contributed by atoms with E-state index in [9.17, 15) is 5.11 Å². The van der Waals surface area contributed by atoms with Crippen molar-refractivity contribution in [2.45, 2.75) is 0 Å². The van der Waals surface area contributed by atoms with E-state index in [1.807, 2.05) is 0 Å². The largest absolute Gasteiger partial charge is 0.506 e. The molecule has 17 heavy (non-hydrogen) atoms. The van der Waals surface area contributed by atoms with E-state index in [-0.39, 0.29) is 5.75 Å². The summed E-state index contributed by atoms with van der Waals surface area (Å²) in [5, 5.41) is 21.7. The number of aromatic hydroxyl groups is 1. The molecule has 1 aromatic carbocycles. The standard InChI is InChI=1S/C11H9N5O/c12-8-4-3-7(6-9(8)17)11-15-14-10-2-1-5-13-16(10)11/h1-6,17H,12H2. The summed E-state index contributed by atoms with van der Waals surface area (Å²) in [6.07, 6.45) is 1.65. The lowest BCUT2D eigenvalue weighted by atomic mass is 10.2. The lowest BCUT2D eigenvalue weighted by Crippen LogP contribution is -1.94. The van der Waals surface area contributed by atoms with Crippen molar-refractivity contribution in [2.75, 3.05) is 5.73 Å². The number of benzene rings is 1. The van der Waals surface area contributed by atoms with Gasteiger partial charge in [-0.15, -0.1) is 10.2 Å². The molecule has 0 bridgehead atoms. The Bertz CT molecular complexity index is 691. The number of hydrogen-bond acceptors (Lipinski definition) is 5. The summed E-state index contributed by atoms with van der Waals surface area (Å²) in [6, 6.07) is 8.52. The van der Waals surface area contributed by atoms with Crippen molar-refractivity contribution in [3.05, 3.63) is 36.5 Å². The fourth-order valence-electron chi connectivity index (χ4n) is 1.61. The van der Waals surface area contributed by atoms with Crippen molar-refractivity contribution < 1.29 is 5.11 Å². The quantitative estimate of drug-likeness (QED) is 0.479. The highest BCUT2D eigenvalue weighted by molar-refractivity contribution is 5.66. The summed E-state index contributed by atoms with van der Waals surface area (Å²) in [4.78, 5) is 0. The Morgan fingerprint density at radius 3 is 2.88 bits per heavy atom. The molecular formula is C11H9N5O. The van der Waals surface area contributed by atoms with Crippen LogP contribution in [-0.4, -0.2) is 24.9 Å². The van der Waals surface area contributed by atoms with Crippen molar-refractivity contribution in [1.82, 2.24) is 19.8 Å². The Hall–Kier alpha value is -2.63. The Kier molecular flexibility index (Phi) is 1.94. The second-order valence-corrected chi connectivity index (χ2v) is 3.59. The van der Waals surface area contributed by atoms with E-state index in [4.69, 9.17) is 5.73 Å². The van der Waals surface area contributed by atoms with Crippen molar-refractivity contribution in [3.63, 3.8) is 0 Å². The summed E-state index contributed by atoms with van der Waals surface area (Å²) in [7, 11) is 0. The SMILES string of the molecule is Nc1ccc(-c2nnc3cccnn23)cc1O. The van der Waals surface area contributed by atoms with Crippen LogP contribution >= 0.6 is 0 Å². The van der Waals surface area contributed by atoms with Crippen LogP contribution in [-0.2, 0) is 0 Å². The maximum atomic E-state index is 9.57. The molecule has 3 N–H and O–H groups in total. The van der Waals surface area contributed by atoms with Gasteiger partial charge in [0.1, 0.15) is 5.75 Å². The molecule has 6 nitrogen and oxygen atoms in total. The molecule has 0 aliphatic rings. The van der Waals surface area contributed by atoms with Crippen LogP contribution in [0.25, 0.3) is 17.0 Å². The van der Waals surface area contributed by atoms with Gasteiger partial charge >= 0.3 is 0 Å². The Morgan fingerprint density at radius 2 is 2.06 bits per heavy atom. The van der Waals surface area contributed by atoms with Gasteiger partial charge in [-0.05, 0) is 30.3 Å². The monoisotopic (exact) mass is 227 g/mol. The van der Waals surface area contributed by atoms with Crippen LogP contribution in [0.1, 0.15) is 0 Å². The molecule has 0 aliphatic carbocycles. The Balaban J connectivity index is 2.24. The predicted octanol–water partition coefficient (Wildman–Crippen LogP) is 1.08. The summed E-state index contributed by atoms with van der Waals surface area (Å²) >= 11 is 0. The molecule has 3 aromatic rings. The second kappa shape index (κ2) is 3.44. The average Bonchev–Trinajstić information content (AvgIpc) is 2.76. The van der Waals surface area contributed by atoms with Gasteiger partial charge in [0.15, 0.2) is 11.5 Å². The first-order chi connectivity index (χ1) is 8.25. The van der Waals surface area contributed by atoms with Crippen LogP contribution in [0.3, 0.4) is 0 Å². The number of hydrogen-bond donors (Lipinski definition) is 2. The van der Waals surface area contributed by atoms with Gasteiger partial charge in [-0.2, -0.15) is 9.61 Å². The van der Waals surface area contributed by atoms with Gasteiger partial charge < -0.3 is 10.8 Å². The average molecular weight is 227 g/mol. The summed E-state index contributed by atoms with van der Waals surface area (Å²) in [5.41, 5.74) is 7.24. The number of phenols is 1. The maximum Gasteiger partial charge on any atom is 0.185 e. The maximum absolute atomic E-state index is 9.57. The first-order valence-electron chi connectivity index (χ1n) is 5.01. The number of fused-ring (bicyclic) bond motifs is 1. The minimum Gasteiger partial charge on any atom is -0.506 e. The highest BCUT2D eigenvalue weighted by Gasteiger charge is 2.09. The van der Waals surface area contributed by atoms with E-state index < -0.39 is 0 Å². The molecule has 2 aromatic heterocycles. The number of nitrogens with two attached hydrogens (primary N) is 1. The fraction of sp³-hybridized carbons (Fsp3) is 0. The van der Waals surface area contributed by atoms with Gasteiger partial charge in [-0.25, -0.2) is 0 Å². The molecule has 0 saturated carbocycles. The van der Waals surface area contributed by atoms with E-state index in [0.29, 0.717) is 22.7 Å². The van der Waals surface area contributed by atoms with Crippen LogP contribution in [0.4, 0.5) is 5.69 Å². The molecule has 0 radical (unpaired) electrons. The van der Waals surface area contributed by atoms with Crippen molar-refractivity contribution in [3.8, 4) is 17.1 Å². The van der Waals surface area contributed by atoms with Gasteiger partial charge in [0, 0.05) is 11.8 Å². The fourth-order valence-corrected chi connectivity index (χ4v) is 1.61. The minimum absolute atomic E-state index is 0.0233. The zero-order valence-electron chi connectivity index (χ0n) is 8.78. The Morgan fingerprint density at radius 1 is 1.18 bits per heavy atom. The van der Waals surface area contributed by atoms with E-state index >= 15 is 0 Å². The van der Waals surface area contributed by atoms with Gasteiger partial charge in [-0.1, -0.05) is 0 Å². The number of anilines is 1. The zero-order chi connectivity index (χ0) is 11.8. The van der Waals surface area contributed by atoms with Crippen molar-refractivity contribution in [2.24, 2.45) is 0 Å². The molecule has 0 saturated heterocycles. The lowest BCUT2D eigenvalue weighted by Gasteiger charge is -2.01. The molecule has 0 unspecified atom stereocenters. The van der Waals surface area contributed by atoms with Gasteiger partial charge in [-0.3, -0.25) is 0 Å². The topological polar surface area (TPSA) is 89.3 Å². The van der Waals surface area contributed by atoms with Crippen LogP contribution in [0.5, 0.6) is 5.75 Å². The van der Waals surface area contributed by atoms with Gasteiger partial charge in [0.25, 0.3) is 0 Å². The van der Waals surface area contributed by atoms with E-state index in [1.54, 1.807) is 41.0 Å². The predicted molar refractivity (Wildman–Crippen MR) is 62.3 cm³/mol. The molecule has 0 fully saturated rings. The third-order valence-electron chi connectivity index (χ3n) is 2.47. The molecule has 0 aliphatic heterocycles. The number of nitrogen functional groups attached to an aromatic ring is 1. The number of phenolic OH excluding ortho intramolecular Hbond substituents is 1. The summed E-state index contributed by atoms with van der Waals surface area (Å²) in [6.45, 7) is 0. The summed E-state index contributed by atoms with van der Waals surface area (Å²) in [5.74, 6) is 0.589. The molecule has 0 amide bonds. The molecule has 0 atom stereocenters. The summed E-state index contributed by atoms with van der Waals surface area (Å²) < 4.78 is 1.60. The first-order valence-corrected chi connectivity index (χ1v) is 5.01. The number of nitrogens with zero attached hydrogens (tertiary/aromatic N) is 4. The lowest BCUT2D eigenvalue weighted by molar-refractivity contribution is 0.478. The molecule has 0 spiro atoms. The van der Waals surface area contributed by atoms with E-state index in [2.05, 4.69) is 15.3 Å². The third-order valence-corrected chi connectivity index (χ3v) is 2.47. The highest BCUT2D eigenvalue weighted by Crippen LogP contribution is 2.26. The van der Waals surface area contributed by atoms with Crippen molar-refractivity contribution in [1.29, 1.82) is 0 Å². The number of rotatable bonds is 1. The first kappa shape index (κ1) is 9.59. The van der Waals surface area contributed by atoms with Crippen LogP contribution < -0.4 is 5.73 Å². The van der Waals surface area contributed by atoms with E-state index in [0.717, 1.165) is 0 Å². The molecule has 2 heterocycles. The normalized spacial score (nSPS) is 10.8. The molecule has 3 rings (SSSR count). The van der Waals surface area contributed by atoms with Crippen LogP contribution in [0, 0.1) is 0 Å². The van der Waals surface area contributed by atoms with Crippen molar-refractivity contribution >= 4 is 11.3 Å². The highest BCUT2D eigenvalue weighted by atomic mass is 16.3. The molecule has 6 heteroatoms. The third kappa shape index (κ3) is 1.46.